The number of ether oxygens (including phenoxy) is 4. The van der Waals surface area contributed by atoms with Gasteiger partial charge in [-0.25, -0.2) is 9.13 Å². The van der Waals surface area contributed by atoms with E-state index in [9.17, 15) is 43.2 Å². The maximum Gasteiger partial charge on any atom is 0.472 e. The monoisotopic (exact) mass is 1450 g/mol. The average Bonchev–Trinajstić information content (AvgIpc) is 1.14. The molecule has 0 saturated heterocycles. The van der Waals surface area contributed by atoms with Gasteiger partial charge in [-0.3, -0.25) is 37.3 Å². The highest BCUT2D eigenvalue weighted by Crippen LogP contribution is 2.45. The Morgan fingerprint density at radius 3 is 0.687 bits per heavy atom. The Labute approximate surface area is 607 Å². The second-order valence-corrected chi connectivity index (χ2v) is 32.7. The van der Waals surface area contributed by atoms with E-state index in [1.165, 1.54) is 231 Å². The SMILES string of the molecule is CCCCCCCCCCCCCCCCCCCCCCCC(=O)O[C@H](COC(=O)CCCCCCCCCCCCCCCCCC(C)C)COP(=O)(O)OC[C@@H](O)COP(=O)(O)OC[C@@H](COC(=O)CCCCCCCCCC)OC(=O)CCCCCCCCCCCC(C)C. The average molecular weight is 1450 g/mol. The van der Waals surface area contributed by atoms with Gasteiger partial charge in [-0.1, -0.05) is 369 Å². The fraction of sp³-hybridized carbons (Fsp3) is 0.950. The number of phosphoric ester groups is 2. The van der Waals surface area contributed by atoms with E-state index in [0.717, 1.165) is 108 Å². The van der Waals surface area contributed by atoms with Gasteiger partial charge < -0.3 is 33.8 Å². The van der Waals surface area contributed by atoms with E-state index in [2.05, 4.69) is 41.5 Å². The van der Waals surface area contributed by atoms with Crippen LogP contribution in [-0.4, -0.2) is 96.7 Å². The predicted octanol–water partition coefficient (Wildman–Crippen LogP) is 23.9. The molecule has 0 radical (unpaired) electrons. The fourth-order valence-electron chi connectivity index (χ4n) is 12.4. The molecule has 0 aromatic heterocycles. The lowest BCUT2D eigenvalue weighted by molar-refractivity contribution is -0.161. The van der Waals surface area contributed by atoms with Gasteiger partial charge in [0.15, 0.2) is 12.2 Å². The number of esters is 4. The normalized spacial score (nSPS) is 13.9. The number of hydrogen-bond acceptors (Lipinski definition) is 15. The van der Waals surface area contributed by atoms with Crippen molar-refractivity contribution < 1.29 is 80.2 Å². The van der Waals surface area contributed by atoms with Gasteiger partial charge in [0, 0.05) is 25.7 Å². The molecule has 99 heavy (non-hydrogen) atoms. The summed E-state index contributed by atoms with van der Waals surface area (Å²) >= 11 is 0. The van der Waals surface area contributed by atoms with Crippen molar-refractivity contribution in [3.05, 3.63) is 0 Å². The molecule has 3 N–H and O–H groups in total. The van der Waals surface area contributed by atoms with Gasteiger partial charge in [-0.2, -0.15) is 0 Å². The van der Waals surface area contributed by atoms with E-state index in [4.69, 9.17) is 37.0 Å². The van der Waals surface area contributed by atoms with Crippen LogP contribution < -0.4 is 0 Å². The molecular weight excluding hydrogens is 1290 g/mol. The second kappa shape index (κ2) is 71.7. The van der Waals surface area contributed by atoms with Crippen molar-refractivity contribution >= 4 is 39.5 Å². The van der Waals surface area contributed by atoms with Gasteiger partial charge in [0.05, 0.1) is 26.4 Å². The molecule has 0 rings (SSSR count). The van der Waals surface area contributed by atoms with Crippen LogP contribution >= 0.6 is 15.6 Å². The smallest absolute Gasteiger partial charge is 0.462 e. The highest BCUT2D eigenvalue weighted by atomic mass is 31.2. The molecule has 0 aromatic carbocycles. The minimum atomic E-state index is -4.96. The molecule has 0 heterocycles. The number of aliphatic hydroxyl groups is 1. The summed E-state index contributed by atoms with van der Waals surface area (Å²) in [4.78, 5) is 72.8. The molecule has 0 spiro atoms. The standard InChI is InChI=1S/C80H156O17P2/c1-7-9-11-13-15-17-18-19-20-21-22-23-24-25-28-32-35-40-46-52-58-64-79(84)96-76(69-91-78(83)63-57-51-45-39-34-31-29-26-27-30-33-37-42-48-54-60-72(3)4)71-95-99(88,89)93-67-74(81)66-92-98(86,87)94-70-75(68-90-77(82)62-56-50-44-16-14-12-10-8-2)97-80(85)65-59-53-47-41-36-38-43-49-55-61-73(5)6/h72-76,81H,7-71H2,1-6H3,(H,86,87)(H,88,89)/t74-,75+,76+/m0/s1. The molecule has 19 heteroatoms. The summed E-state index contributed by atoms with van der Waals surface area (Å²) in [7, 11) is -9.91. The Hall–Kier alpha value is -1.94. The lowest BCUT2D eigenvalue weighted by Gasteiger charge is -2.21. The lowest BCUT2D eigenvalue weighted by Crippen LogP contribution is -2.30. The molecule has 5 atom stereocenters. The number of rotatable bonds is 79. The van der Waals surface area contributed by atoms with E-state index in [-0.39, 0.29) is 25.7 Å². The number of phosphoric acid groups is 2. The highest BCUT2D eigenvalue weighted by Gasteiger charge is 2.30. The van der Waals surface area contributed by atoms with Gasteiger partial charge in [-0.15, -0.1) is 0 Å². The molecule has 2 unspecified atom stereocenters. The van der Waals surface area contributed by atoms with Crippen LogP contribution in [0.1, 0.15) is 420 Å². The van der Waals surface area contributed by atoms with Crippen molar-refractivity contribution in [1.29, 1.82) is 0 Å². The van der Waals surface area contributed by atoms with E-state index in [1.807, 2.05) is 0 Å². The molecule has 0 fully saturated rings. The predicted molar refractivity (Wildman–Crippen MR) is 405 cm³/mol. The Morgan fingerprint density at radius 1 is 0.273 bits per heavy atom. The minimum Gasteiger partial charge on any atom is -0.462 e. The zero-order valence-corrected chi connectivity index (χ0v) is 66.6. The van der Waals surface area contributed by atoms with Crippen molar-refractivity contribution in [2.75, 3.05) is 39.6 Å². The largest absolute Gasteiger partial charge is 0.472 e. The van der Waals surface area contributed by atoms with Crippen LogP contribution in [0.2, 0.25) is 0 Å². The van der Waals surface area contributed by atoms with Crippen LogP contribution in [-0.2, 0) is 65.4 Å². The molecule has 17 nitrogen and oxygen atoms in total. The van der Waals surface area contributed by atoms with Crippen LogP contribution in [0.25, 0.3) is 0 Å². The maximum absolute atomic E-state index is 13.1. The van der Waals surface area contributed by atoms with Crippen LogP contribution in [0.15, 0.2) is 0 Å². The van der Waals surface area contributed by atoms with E-state index in [0.29, 0.717) is 25.7 Å². The van der Waals surface area contributed by atoms with Crippen LogP contribution in [0.4, 0.5) is 0 Å². The van der Waals surface area contributed by atoms with Gasteiger partial charge in [0.2, 0.25) is 0 Å². The van der Waals surface area contributed by atoms with Gasteiger partial charge >= 0.3 is 39.5 Å². The lowest BCUT2D eigenvalue weighted by atomic mass is 10.0. The summed E-state index contributed by atoms with van der Waals surface area (Å²) in [5, 5.41) is 10.6. The van der Waals surface area contributed by atoms with E-state index in [1.54, 1.807) is 0 Å². The van der Waals surface area contributed by atoms with Crippen molar-refractivity contribution in [2.45, 2.75) is 439 Å². The molecule has 0 aliphatic carbocycles. The Balaban J connectivity index is 5.18. The summed E-state index contributed by atoms with van der Waals surface area (Å²) in [5.41, 5.74) is 0. The number of unbranched alkanes of at least 4 members (excludes halogenated alkanes) is 49. The maximum atomic E-state index is 13.1. The summed E-state index contributed by atoms with van der Waals surface area (Å²) < 4.78 is 68.6. The molecular formula is C80H156O17P2. The molecule has 0 bridgehead atoms. The fourth-order valence-corrected chi connectivity index (χ4v) is 13.9. The van der Waals surface area contributed by atoms with Gasteiger partial charge in [0.25, 0.3) is 0 Å². The van der Waals surface area contributed by atoms with Gasteiger partial charge in [-0.05, 0) is 37.5 Å². The molecule has 0 aromatic rings. The Morgan fingerprint density at radius 2 is 0.465 bits per heavy atom. The topological polar surface area (TPSA) is 237 Å². The minimum absolute atomic E-state index is 0.105. The van der Waals surface area contributed by atoms with Crippen molar-refractivity contribution in [3.63, 3.8) is 0 Å². The van der Waals surface area contributed by atoms with Crippen LogP contribution in [0.3, 0.4) is 0 Å². The second-order valence-electron chi connectivity index (χ2n) is 29.8. The van der Waals surface area contributed by atoms with Crippen molar-refractivity contribution in [3.8, 4) is 0 Å². The first kappa shape index (κ1) is 97.1. The first-order chi connectivity index (χ1) is 47.9. The first-order valence-corrected chi connectivity index (χ1v) is 44.5. The summed E-state index contributed by atoms with van der Waals surface area (Å²) in [5.74, 6) is -0.572. The summed E-state index contributed by atoms with van der Waals surface area (Å²) in [6.07, 6.45) is 61.3. The van der Waals surface area contributed by atoms with Crippen LogP contribution in [0, 0.1) is 11.8 Å². The number of hydrogen-bond donors (Lipinski definition) is 3. The number of aliphatic hydroxyl groups excluding tert-OH is 1. The molecule has 588 valence electrons. The third-order valence-corrected chi connectivity index (χ3v) is 20.6. The van der Waals surface area contributed by atoms with Crippen LogP contribution in [0.5, 0.6) is 0 Å². The molecule has 0 amide bonds. The van der Waals surface area contributed by atoms with Gasteiger partial charge in [0.1, 0.15) is 19.3 Å². The quantitative estimate of drug-likeness (QED) is 0.0222. The van der Waals surface area contributed by atoms with E-state index >= 15 is 0 Å². The van der Waals surface area contributed by atoms with Crippen molar-refractivity contribution in [2.24, 2.45) is 11.8 Å². The summed E-state index contributed by atoms with van der Waals surface area (Å²) in [6.45, 7) is 9.60. The van der Waals surface area contributed by atoms with Crippen molar-refractivity contribution in [1.82, 2.24) is 0 Å². The zero-order chi connectivity index (χ0) is 72.8. The number of carbonyl (C=O) groups is 4. The molecule has 0 aliphatic rings. The Kier molecular flexibility index (Phi) is 70.3. The summed E-state index contributed by atoms with van der Waals surface area (Å²) in [6, 6.07) is 0. The molecule has 0 aliphatic heterocycles. The zero-order valence-electron chi connectivity index (χ0n) is 64.8. The Bertz CT molecular complexity index is 1910. The first-order valence-electron chi connectivity index (χ1n) is 41.5. The van der Waals surface area contributed by atoms with E-state index < -0.39 is 97.5 Å². The highest BCUT2D eigenvalue weighted by molar-refractivity contribution is 7.47. The molecule has 0 saturated carbocycles. The third kappa shape index (κ3) is 74.1. The third-order valence-electron chi connectivity index (χ3n) is 18.7. The number of carbonyl (C=O) groups excluding carboxylic acids is 4.